The minimum absolute atomic E-state index is 0.0594. The van der Waals surface area contributed by atoms with Gasteiger partial charge in [0.2, 0.25) is 11.9 Å². The van der Waals surface area contributed by atoms with Crippen LogP contribution in [0.15, 0.2) is 60.8 Å². The molecule has 0 bridgehead atoms. The van der Waals surface area contributed by atoms with Crippen LogP contribution in [0.5, 0.6) is 0 Å². The van der Waals surface area contributed by atoms with Gasteiger partial charge in [-0.15, -0.1) is 10.2 Å². The number of halogens is 2. The zero-order chi connectivity index (χ0) is 25.9. The third-order valence-electron chi connectivity index (χ3n) is 7.20. The zero-order valence-corrected chi connectivity index (χ0v) is 22.2. The van der Waals surface area contributed by atoms with Crippen LogP contribution in [-0.2, 0) is 17.8 Å². The minimum atomic E-state index is -0.0594. The Morgan fingerprint density at radius 2 is 1.89 bits per heavy atom. The van der Waals surface area contributed by atoms with Crippen molar-refractivity contribution in [2.75, 3.05) is 25.5 Å². The number of pyridine rings is 1. The monoisotopic (exact) mass is 536 g/mol. The summed E-state index contributed by atoms with van der Waals surface area (Å²) in [5.74, 6) is 1.02. The van der Waals surface area contributed by atoms with E-state index in [1.54, 1.807) is 16.5 Å². The summed E-state index contributed by atoms with van der Waals surface area (Å²) in [6, 6.07) is 17.7. The van der Waals surface area contributed by atoms with Crippen molar-refractivity contribution in [3.05, 3.63) is 82.0 Å². The van der Waals surface area contributed by atoms with Crippen LogP contribution in [0.3, 0.4) is 0 Å². The van der Waals surface area contributed by atoms with Crippen LogP contribution in [0.1, 0.15) is 24.0 Å². The van der Waals surface area contributed by atoms with E-state index >= 15 is 0 Å². The SMILES string of the molecule is CN1CCC(CC(=O)Nc2nnc3cc(CN)c(-c4ccc(Cl)cc4Cl)cn23)[C@H](Cc2ccccc2)C1. The summed E-state index contributed by atoms with van der Waals surface area (Å²) in [5.41, 5.74) is 10.4. The first kappa shape index (κ1) is 25.7. The van der Waals surface area contributed by atoms with Gasteiger partial charge in [-0.05, 0) is 67.6 Å². The summed E-state index contributed by atoms with van der Waals surface area (Å²) in [5, 5.41) is 12.6. The lowest BCUT2D eigenvalue weighted by molar-refractivity contribution is -0.118. The Labute approximate surface area is 226 Å². The number of hydrogen-bond donors (Lipinski definition) is 2. The molecule has 37 heavy (non-hydrogen) atoms. The molecule has 0 radical (unpaired) electrons. The number of hydrogen-bond acceptors (Lipinski definition) is 5. The van der Waals surface area contributed by atoms with E-state index in [-0.39, 0.29) is 5.91 Å². The molecule has 3 N–H and O–H groups in total. The molecule has 1 saturated heterocycles. The second-order valence-corrected chi connectivity index (χ2v) is 10.6. The van der Waals surface area contributed by atoms with Crippen LogP contribution in [0.4, 0.5) is 5.95 Å². The van der Waals surface area contributed by atoms with Crippen molar-refractivity contribution in [2.45, 2.75) is 25.8 Å². The number of amides is 1. The quantitative estimate of drug-likeness (QED) is 0.334. The van der Waals surface area contributed by atoms with Gasteiger partial charge in [0.25, 0.3) is 0 Å². The van der Waals surface area contributed by atoms with Crippen LogP contribution >= 0.6 is 23.2 Å². The summed E-state index contributed by atoms with van der Waals surface area (Å²) in [7, 11) is 2.15. The van der Waals surface area contributed by atoms with Crippen LogP contribution in [0.2, 0.25) is 10.0 Å². The predicted molar refractivity (Wildman–Crippen MR) is 149 cm³/mol. The summed E-state index contributed by atoms with van der Waals surface area (Å²) in [6.45, 7) is 2.27. The molecular formula is C28H30Cl2N6O. The summed E-state index contributed by atoms with van der Waals surface area (Å²) < 4.78 is 1.77. The molecule has 7 nitrogen and oxygen atoms in total. The number of anilines is 1. The van der Waals surface area contributed by atoms with Gasteiger partial charge in [0, 0.05) is 46.9 Å². The number of aromatic nitrogens is 3. The molecule has 0 aliphatic carbocycles. The van der Waals surface area contributed by atoms with Gasteiger partial charge < -0.3 is 10.6 Å². The lowest BCUT2D eigenvalue weighted by Crippen LogP contribution is -2.40. The molecule has 1 fully saturated rings. The van der Waals surface area contributed by atoms with Crippen molar-refractivity contribution in [3.63, 3.8) is 0 Å². The molecule has 1 amide bonds. The van der Waals surface area contributed by atoms with Gasteiger partial charge in [-0.3, -0.25) is 14.5 Å². The molecule has 2 atom stereocenters. The molecule has 0 saturated carbocycles. The molecule has 1 aliphatic heterocycles. The van der Waals surface area contributed by atoms with Crippen LogP contribution in [-0.4, -0.2) is 45.5 Å². The van der Waals surface area contributed by atoms with E-state index < -0.39 is 0 Å². The van der Waals surface area contributed by atoms with Gasteiger partial charge in [-0.1, -0.05) is 59.6 Å². The highest BCUT2D eigenvalue weighted by atomic mass is 35.5. The fraction of sp³-hybridized carbons (Fsp3) is 0.321. The van der Waals surface area contributed by atoms with Crippen LogP contribution < -0.4 is 11.1 Å². The van der Waals surface area contributed by atoms with E-state index in [1.165, 1.54) is 5.56 Å². The number of carbonyl (C=O) groups excluding carboxylic acids is 1. The Kier molecular flexibility index (Phi) is 7.76. The van der Waals surface area contributed by atoms with Crippen molar-refractivity contribution >= 4 is 40.7 Å². The smallest absolute Gasteiger partial charge is 0.235 e. The van der Waals surface area contributed by atoms with E-state index in [9.17, 15) is 4.79 Å². The summed E-state index contributed by atoms with van der Waals surface area (Å²) >= 11 is 12.6. The maximum Gasteiger partial charge on any atom is 0.235 e. The molecule has 9 heteroatoms. The number of benzene rings is 2. The van der Waals surface area contributed by atoms with Gasteiger partial charge >= 0.3 is 0 Å². The molecule has 2 aromatic heterocycles. The molecule has 5 rings (SSSR count). The average Bonchev–Trinajstić information content (AvgIpc) is 3.27. The fourth-order valence-electron chi connectivity index (χ4n) is 5.27. The first-order chi connectivity index (χ1) is 17.9. The van der Waals surface area contributed by atoms with E-state index in [4.69, 9.17) is 28.9 Å². The number of nitrogens with zero attached hydrogens (tertiary/aromatic N) is 4. The van der Waals surface area contributed by atoms with Crippen molar-refractivity contribution in [1.29, 1.82) is 0 Å². The molecule has 2 aromatic carbocycles. The first-order valence-corrected chi connectivity index (χ1v) is 13.2. The summed E-state index contributed by atoms with van der Waals surface area (Å²) in [4.78, 5) is 15.6. The Hall–Kier alpha value is -2.97. The highest BCUT2D eigenvalue weighted by Crippen LogP contribution is 2.34. The van der Waals surface area contributed by atoms with Crippen molar-refractivity contribution in [2.24, 2.45) is 17.6 Å². The van der Waals surface area contributed by atoms with Crippen molar-refractivity contribution < 1.29 is 4.79 Å². The largest absolute Gasteiger partial charge is 0.326 e. The zero-order valence-electron chi connectivity index (χ0n) is 20.7. The number of carbonyl (C=O) groups is 1. The maximum atomic E-state index is 13.2. The third-order valence-corrected chi connectivity index (χ3v) is 7.75. The highest BCUT2D eigenvalue weighted by Gasteiger charge is 2.30. The lowest BCUT2D eigenvalue weighted by Gasteiger charge is -2.36. The van der Waals surface area contributed by atoms with Crippen LogP contribution in [0, 0.1) is 11.8 Å². The normalized spacial score (nSPS) is 18.3. The van der Waals surface area contributed by atoms with Crippen molar-refractivity contribution in [1.82, 2.24) is 19.5 Å². The number of piperidine rings is 1. The summed E-state index contributed by atoms with van der Waals surface area (Å²) in [6.07, 6.45) is 4.26. The number of likely N-dealkylation sites (tertiary alicyclic amines) is 1. The lowest BCUT2D eigenvalue weighted by atomic mass is 9.79. The van der Waals surface area contributed by atoms with Gasteiger partial charge in [0.1, 0.15) is 0 Å². The van der Waals surface area contributed by atoms with E-state index in [2.05, 4.69) is 51.7 Å². The third kappa shape index (κ3) is 5.80. The first-order valence-electron chi connectivity index (χ1n) is 12.5. The maximum absolute atomic E-state index is 13.2. The second kappa shape index (κ2) is 11.2. The Morgan fingerprint density at radius 1 is 1.08 bits per heavy atom. The van der Waals surface area contributed by atoms with E-state index in [0.717, 1.165) is 42.6 Å². The van der Waals surface area contributed by atoms with Gasteiger partial charge in [-0.2, -0.15) is 0 Å². The predicted octanol–water partition coefficient (Wildman–Crippen LogP) is 5.30. The van der Waals surface area contributed by atoms with Crippen LogP contribution in [0.25, 0.3) is 16.8 Å². The van der Waals surface area contributed by atoms with E-state index in [1.807, 2.05) is 24.4 Å². The highest BCUT2D eigenvalue weighted by molar-refractivity contribution is 6.36. The fourth-order valence-corrected chi connectivity index (χ4v) is 5.78. The Balaban J connectivity index is 1.37. The van der Waals surface area contributed by atoms with Crippen molar-refractivity contribution in [3.8, 4) is 11.1 Å². The Bertz CT molecular complexity index is 1410. The molecule has 0 spiro atoms. The molecule has 4 aromatic rings. The number of fused-ring (bicyclic) bond motifs is 1. The van der Waals surface area contributed by atoms with Gasteiger partial charge in [0.15, 0.2) is 5.65 Å². The molecule has 1 aliphatic rings. The molecular weight excluding hydrogens is 507 g/mol. The minimum Gasteiger partial charge on any atom is -0.326 e. The molecule has 192 valence electrons. The molecule has 1 unspecified atom stereocenters. The topological polar surface area (TPSA) is 88.5 Å². The standard InChI is InChI=1S/C28H30Cl2N6O/c1-35-10-9-19(21(16-35)11-18-5-3-2-4-6-18)13-27(37)32-28-34-33-26-12-20(15-31)24(17-36(26)28)23-8-7-22(29)14-25(23)30/h2-8,12,14,17,19,21H,9-11,13,15-16,31H2,1H3,(H,32,34,37)/t19?,21-/m1/s1. The second-order valence-electron chi connectivity index (χ2n) is 9.81. The molecule has 3 heterocycles. The Morgan fingerprint density at radius 3 is 2.65 bits per heavy atom. The number of rotatable bonds is 7. The number of nitrogens with one attached hydrogen (secondary N) is 1. The number of nitrogens with two attached hydrogens (primary N) is 1. The van der Waals surface area contributed by atoms with E-state index in [0.29, 0.717) is 46.4 Å². The average molecular weight is 537 g/mol. The van der Waals surface area contributed by atoms with Gasteiger partial charge in [0.05, 0.1) is 0 Å². The van der Waals surface area contributed by atoms with Gasteiger partial charge in [-0.25, -0.2) is 0 Å².